The van der Waals surface area contributed by atoms with Crippen LogP contribution in [0.2, 0.25) is 0 Å². The first kappa shape index (κ1) is 21.1. The Kier molecular flexibility index (Phi) is 7.36. The van der Waals surface area contributed by atoms with Crippen molar-refractivity contribution >= 4 is 17.5 Å². The second kappa shape index (κ2) is 9.75. The minimum Gasteiger partial charge on any atom is -0.465 e. The maximum Gasteiger partial charge on any atom is 0.409 e. The number of hydrogen-bond donors (Lipinski definition) is 2. The van der Waals surface area contributed by atoms with Gasteiger partial charge in [0, 0.05) is 37.2 Å². The molecule has 1 aromatic rings. The lowest BCUT2D eigenvalue weighted by molar-refractivity contribution is -0.00237. The zero-order chi connectivity index (χ0) is 20.0. The van der Waals surface area contributed by atoms with E-state index in [-0.39, 0.29) is 0 Å². The van der Waals surface area contributed by atoms with Crippen molar-refractivity contribution in [1.29, 1.82) is 0 Å². The van der Waals surface area contributed by atoms with Crippen LogP contribution in [0.4, 0.5) is 16.2 Å². The fourth-order valence-electron chi connectivity index (χ4n) is 5.23. The summed E-state index contributed by atoms with van der Waals surface area (Å²) < 4.78 is 0.954. The van der Waals surface area contributed by atoms with E-state index in [2.05, 4.69) is 29.4 Å². The summed E-state index contributed by atoms with van der Waals surface area (Å²) in [4.78, 5) is 10.9. The molecule has 1 atom stereocenters. The predicted molar refractivity (Wildman–Crippen MR) is 117 cm³/mol. The van der Waals surface area contributed by atoms with Crippen molar-refractivity contribution in [3.8, 4) is 0 Å². The molecular formula is C23H38N3O2+. The minimum absolute atomic E-state index is 0.621. The van der Waals surface area contributed by atoms with Crippen molar-refractivity contribution in [1.82, 2.24) is 9.60 Å². The largest absolute Gasteiger partial charge is 0.465 e. The van der Waals surface area contributed by atoms with Crippen molar-refractivity contribution in [2.75, 3.05) is 25.0 Å². The molecule has 2 heterocycles. The van der Waals surface area contributed by atoms with E-state index in [1.807, 2.05) is 13.0 Å². The van der Waals surface area contributed by atoms with E-state index in [0.717, 1.165) is 29.8 Å². The van der Waals surface area contributed by atoms with Crippen LogP contribution in [0.15, 0.2) is 18.2 Å². The van der Waals surface area contributed by atoms with Crippen LogP contribution in [-0.4, -0.2) is 41.9 Å². The molecule has 3 aliphatic rings. The highest BCUT2D eigenvalue weighted by atomic mass is 16.4. The average Bonchev–Trinajstić information content (AvgIpc) is 3.35. The molecule has 2 saturated heterocycles. The fourth-order valence-corrected chi connectivity index (χ4v) is 5.23. The van der Waals surface area contributed by atoms with Crippen LogP contribution in [0.5, 0.6) is 0 Å². The van der Waals surface area contributed by atoms with Crippen molar-refractivity contribution in [3.05, 3.63) is 23.8 Å². The number of nitrogens with one attached hydrogen (secondary N) is 1. The molecule has 1 aliphatic carbocycles. The van der Waals surface area contributed by atoms with E-state index >= 15 is 0 Å². The summed E-state index contributed by atoms with van der Waals surface area (Å²) in [6.45, 7) is 7.80. The maximum absolute atomic E-state index is 10.9. The van der Waals surface area contributed by atoms with E-state index in [4.69, 9.17) is 5.11 Å². The van der Waals surface area contributed by atoms with Crippen LogP contribution in [-0.2, 0) is 0 Å². The van der Waals surface area contributed by atoms with E-state index in [9.17, 15) is 4.79 Å². The summed E-state index contributed by atoms with van der Waals surface area (Å²) in [5.74, 6) is 0. The number of nitrogens with zero attached hydrogens (tertiary/aromatic N) is 2. The average molecular weight is 389 g/mol. The molecule has 5 heteroatoms. The number of aryl methyl sites for hydroxylation is 1. The summed E-state index contributed by atoms with van der Waals surface area (Å²) >= 11 is 0. The monoisotopic (exact) mass is 388 g/mol. The molecule has 1 aromatic carbocycles. The zero-order valence-electron chi connectivity index (χ0n) is 17.8. The number of anilines is 1. The van der Waals surface area contributed by atoms with Gasteiger partial charge in [-0.25, -0.2) is 9.39 Å². The topological polar surface area (TPSA) is 52.6 Å². The molecule has 3 fully saturated rings. The van der Waals surface area contributed by atoms with Crippen LogP contribution in [0.1, 0.15) is 76.7 Å². The highest BCUT2D eigenvalue weighted by Gasteiger charge is 2.45. The predicted octanol–water partition coefficient (Wildman–Crippen LogP) is 5.93. The van der Waals surface area contributed by atoms with Crippen LogP contribution in [0, 0.1) is 6.92 Å². The van der Waals surface area contributed by atoms with Crippen LogP contribution in [0.25, 0.3) is 0 Å². The summed E-state index contributed by atoms with van der Waals surface area (Å²) in [6, 6.07) is 6.81. The molecule has 0 aromatic heterocycles. The third-order valence-electron chi connectivity index (χ3n) is 6.75. The molecular weight excluding hydrogens is 350 g/mol. The number of hydrogen-bond acceptors (Lipinski definition) is 2. The van der Waals surface area contributed by atoms with Gasteiger partial charge in [0.2, 0.25) is 0 Å². The van der Waals surface area contributed by atoms with Crippen LogP contribution in [0.3, 0.4) is 0 Å². The third-order valence-corrected chi connectivity index (χ3v) is 6.75. The number of carboxylic acid groups (broad SMARTS) is 1. The van der Waals surface area contributed by atoms with E-state index in [1.165, 1.54) is 69.9 Å². The van der Waals surface area contributed by atoms with Crippen LogP contribution < -0.4 is 9.91 Å². The molecule has 1 saturated carbocycles. The Morgan fingerprint density at radius 2 is 1.64 bits per heavy atom. The molecule has 0 bridgehead atoms. The zero-order valence-corrected chi connectivity index (χ0v) is 17.8. The van der Waals surface area contributed by atoms with E-state index in [1.54, 1.807) is 0 Å². The van der Waals surface area contributed by atoms with Gasteiger partial charge in [-0.2, -0.15) is 0 Å². The van der Waals surface area contributed by atoms with Gasteiger partial charge in [-0.15, -0.1) is 5.01 Å². The smallest absolute Gasteiger partial charge is 0.409 e. The summed E-state index contributed by atoms with van der Waals surface area (Å²) in [5.41, 5.74) is 2.99. The van der Waals surface area contributed by atoms with E-state index in [0.29, 0.717) is 11.7 Å². The van der Waals surface area contributed by atoms with Crippen molar-refractivity contribution < 1.29 is 9.90 Å². The SMILES string of the molecule is C1CCCCC1.Cc1cc([N+]2(N3CCC[C@@H]3C)CCCC2)ccc1NC(=O)O. The number of amides is 1. The molecule has 28 heavy (non-hydrogen) atoms. The van der Waals surface area contributed by atoms with Crippen LogP contribution >= 0.6 is 0 Å². The highest BCUT2D eigenvalue weighted by Crippen LogP contribution is 2.37. The molecule has 0 radical (unpaired) electrons. The summed E-state index contributed by atoms with van der Waals surface area (Å²) in [7, 11) is 0. The molecule has 0 spiro atoms. The number of rotatable bonds is 3. The lowest BCUT2D eigenvalue weighted by Gasteiger charge is -2.43. The van der Waals surface area contributed by atoms with Crippen molar-refractivity contribution in [2.24, 2.45) is 0 Å². The second-order valence-electron chi connectivity index (χ2n) is 8.78. The summed E-state index contributed by atoms with van der Waals surface area (Å²) in [6.07, 6.45) is 13.1. The van der Waals surface area contributed by atoms with Gasteiger partial charge in [-0.05, 0) is 38.3 Å². The fraction of sp³-hybridized carbons (Fsp3) is 0.696. The molecule has 2 aliphatic heterocycles. The number of quaternary nitrogens is 1. The summed E-state index contributed by atoms with van der Waals surface area (Å²) in [5, 5.41) is 14.0. The Labute approximate surface area is 170 Å². The van der Waals surface area contributed by atoms with Gasteiger partial charge < -0.3 is 5.11 Å². The van der Waals surface area contributed by atoms with Gasteiger partial charge in [0.1, 0.15) is 13.1 Å². The first-order chi connectivity index (χ1) is 13.5. The maximum atomic E-state index is 10.9. The number of benzene rings is 1. The van der Waals surface area contributed by atoms with Gasteiger partial charge >= 0.3 is 6.09 Å². The Balaban J connectivity index is 0.000000320. The molecule has 5 nitrogen and oxygen atoms in total. The molecule has 156 valence electrons. The minimum atomic E-state index is -1.01. The Hall–Kier alpha value is -1.59. The van der Waals surface area contributed by atoms with Gasteiger partial charge in [0.25, 0.3) is 0 Å². The van der Waals surface area contributed by atoms with Crippen molar-refractivity contribution in [3.63, 3.8) is 0 Å². The first-order valence-corrected chi connectivity index (χ1v) is 11.3. The molecule has 4 rings (SSSR count). The lowest BCUT2D eigenvalue weighted by Crippen LogP contribution is -2.61. The Morgan fingerprint density at radius 3 is 2.11 bits per heavy atom. The first-order valence-electron chi connectivity index (χ1n) is 11.3. The third kappa shape index (κ3) is 4.87. The Bertz CT molecular complexity index is 640. The Morgan fingerprint density at radius 1 is 1.04 bits per heavy atom. The van der Waals surface area contributed by atoms with E-state index < -0.39 is 6.09 Å². The van der Waals surface area contributed by atoms with Gasteiger partial charge in [0.05, 0.1) is 6.04 Å². The quantitative estimate of drug-likeness (QED) is 0.631. The standard InChI is InChI=1S/C17H25N3O2.C6H12/c1-13-12-15(7-8-16(13)18-17(21)22)20(10-3-4-11-20)19-9-5-6-14(19)2;1-2-4-6-5-3-1/h7-8,12,14,18H,3-6,9-11H2,1-2H3;1-6H2/p+1/t14-;/m0./s1. The molecule has 0 unspecified atom stereocenters. The lowest BCUT2D eigenvalue weighted by atomic mass is 10.0. The number of carbonyl (C=O) groups is 1. The normalized spacial score (nSPS) is 24.4. The second-order valence-corrected chi connectivity index (χ2v) is 8.78. The van der Waals surface area contributed by atoms with Gasteiger partial charge in [-0.3, -0.25) is 5.32 Å². The van der Waals surface area contributed by atoms with Gasteiger partial charge in [0.15, 0.2) is 5.69 Å². The molecule has 2 N–H and O–H groups in total. The van der Waals surface area contributed by atoms with Crippen molar-refractivity contribution in [2.45, 2.75) is 84.1 Å². The highest BCUT2D eigenvalue weighted by molar-refractivity contribution is 5.84. The molecule has 1 amide bonds. The van der Waals surface area contributed by atoms with Gasteiger partial charge in [-0.1, -0.05) is 38.5 Å².